The predicted octanol–water partition coefficient (Wildman–Crippen LogP) is 5.82. The largest absolute Gasteiger partial charge is 0.393 e. The van der Waals surface area contributed by atoms with E-state index < -0.39 is 6.04 Å². The lowest BCUT2D eigenvalue weighted by atomic mass is 9.68. The number of imide groups is 1. The Labute approximate surface area is 337 Å². The smallest absolute Gasteiger partial charge is 0.249 e. The lowest BCUT2D eigenvalue weighted by Crippen LogP contribution is -2.55. The van der Waals surface area contributed by atoms with E-state index in [0.29, 0.717) is 55.3 Å². The summed E-state index contributed by atoms with van der Waals surface area (Å²) in [4.78, 5) is 44.6. The average Bonchev–Trinajstić information content (AvgIpc) is 3.55. The average molecular weight is 778 g/mol. The number of aliphatic hydroxyl groups excluding tert-OH is 1. The Morgan fingerprint density at radius 2 is 1.52 bits per heavy atom. The van der Waals surface area contributed by atoms with E-state index in [0.717, 1.165) is 89.8 Å². The van der Waals surface area contributed by atoms with Crippen molar-refractivity contribution < 1.29 is 24.2 Å². The van der Waals surface area contributed by atoms with Crippen LogP contribution in [0.1, 0.15) is 142 Å². The van der Waals surface area contributed by atoms with Gasteiger partial charge in [0.2, 0.25) is 17.7 Å². The number of piperazine rings is 1. The number of hydrogen-bond acceptors (Lipinski definition) is 8. The molecular weight excluding hydrogens is 703 g/mol. The summed E-state index contributed by atoms with van der Waals surface area (Å²) in [7, 11) is 0. The van der Waals surface area contributed by atoms with E-state index in [-0.39, 0.29) is 29.7 Å². The number of piperidine rings is 2. The monoisotopic (exact) mass is 778 g/mol. The first kappa shape index (κ1) is 40.9. The van der Waals surface area contributed by atoms with Gasteiger partial charge in [0.1, 0.15) is 6.04 Å². The van der Waals surface area contributed by atoms with Gasteiger partial charge in [0, 0.05) is 70.2 Å². The maximum atomic E-state index is 13.3. The highest BCUT2D eigenvalue weighted by Gasteiger charge is 2.49. The Bertz CT molecular complexity index is 1370. The van der Waals surface area contributed by atoms with Gasteiger partial charge in [-0.3, -0.25) is 29.5 Å². The molecule has 4 aliphatic heterocycles. The third-order valence-corrected chi connectivity index (χ3v) is 16.3. The summed E-state index contributed by atoms with van der Waals surface area (Å²) in [6.45, 7) is 10.6. The standard InChI is InChI=1S/C46H75N5O5/c1-2-40(32-6-4-3-5-7-32)44(33-9-15-38(52)16-10-33)34-11-17-39(18-12-34)56-30-31-8-13-36(47-27-31)29-49-22-24-50(25-23-49)37-14-19-41-35(26-37)28-51(46(41)55)42-20-21-43(53)48-45(42)54/h31-39,41-42,47,52H,2-30H2,1H3,(H,48,53,54)/b44-40-. The molecule has 56 heavy (non-hydrogen) atoms. The minimum Gasteiger partial charge on any atom is -0.393 e. The Kier molecular flexibility index (Phi) is 13.9. The van der Waals surface area contributed by atoms with Crippen LogP contribution in [0, 0.1) is 35.5 Å². The second-order valence-electron chi connectivity index (χ2n) is 19.7. The fraction of sp³-hybridized carbons (Fsp3) is 0.891. The molecule has 4 heterocycles. The molecule has 8 rings (SSSR count). The summed E-state index contributed by atoms with van der Waals surface area (Å²) in [5.74, 6) is 2.86. The minimum atomic E-state index is -0.473. The molecule has 6 unspecified atom stereocenters. The Balaban J connectivity index is 0.731. The number of hydrogen-bond donors (Lipinski definition) is 3. The number of ether oxygens (including phenoxy) is 1. The first-order chi connectivity index (χ1) is 27.3. The summed E-state index contributed by atoms with van der Waals surface area (Å²) >= 11 is 0. The van der Waals surface area contributed by atoms with Gasteiger partial charge in [-0.2, -0.15) is 0 Å². The lowest BCUT2D eigenvalue weighted by Gasteiger charge is -2.44. The zero-order valence-electron chi connectivity index (χ0n) is 34.8. The first-order valence-corrected chi connectivity index (χ1v) is 23.7. The van der Waals surface area contributed by atoms with Crippen LogP contribution in [0.25, 0.3) is 0 Å². The predicted molar refractivity (Wildman–Crippen MR) is 219 cm³/mol. The molecule has 4 aliphatic carbocycles. The molecule has 0 aromatic heterocycles. The van der Waals surface area contributed by atoms with E-state index >= 15 is 0 Å². The van der Waals surface area contributed by atoms with Crippen molar-refractivity contribution in [1.29, 1.82) is 0 Å². The molecule has 0 radical (unpaired) electrons. The van der Waals surface area contributed by atoms with Crippen LogP contribution in [0.4, 0.5) is 0 Å². The number of fused-ring (bicyclic) bond motifs is 1. The van der Waals surface area contributed by atoms with Gasteiger partial charge >= 0.3 is 0 Å². The van der Waals surface area contributed by atoms with E-state index in [4.69, 9.17) is 4.74 Å². The Morgan fingerprint density at radius 3 is 2.20 bits per heavy atom. The number of likely N-dealkylation sites (tertiary alicyclic amines) is 1. The van der Waals surface area contributed by atoms with Gasteiger partial charge in [0.15, 0.2) is 0 Å². The molecule has 4 saturated carbocycles. The van der Waals surface area contributed by atoms with Crippen molar-refractivity contribution in [3.63, 3.8) is 0 Å². The summed E-state index contributed by atoms with van der Waals surface area (Å²) in [6.07, 6.45) is 24.3. The van der Waals surface area contributed by atoms with Gasteiger partial charge in [0.25, 0.3) is 0 Å². The van der Waals surface area contributed by atoms with E-state index in [1.54, 1.807) is 4.90 Å². The van der Waals surface area contributed by atoms with Crippen LogP contribution in [-0.2, 0) is 19.1 Å². The van der Waals surface area contributed by atoms with Crippen molar-refractivity contribution in [2.24, 2.45) is 35.5 Å². The van der Waals surface area contributed by atoms with Gasteiger partial charge in [0.05, 0.1) is 18.8 Å². The molecule has 314 valence electrons. The number of nitrogens with zero attached hydrogens (tertiary/aromatic N) is 3. The third kappa shape index (κ3) is 9.61. The maximum absolute atomic E-state index is 13.3. The SMILES string of the molecule is CC/C(=C(\C1CCC(O)CC1)C1CCC(OCC2CCC(CN3CCN(C4CCC5C(=O)N(C6CCC(=O)NC6=O)CC5C4)CC3)NC2)CC1)C1CCCCC1. The molecular formula is C46H75N5O5. The molecule has 10 nitrogen and oxygen atoms in total. The van der Waals surface area contributed by atoms with Crippen molar-refractivity contribution in [2.75, 3.05) is 52.4 Å². The van der Waals surface area contributed by atoms with Crippen LogP contribution >= 0.6 is 0 Å². The van der Waals surface area contributed by atoms with Crippen molar-refractivity contribution in [1.82, 2.24) is 25.3 Å². The number of carbonyl (C=O) groups excluding carboxylic acids is 3. The number of rotatable bonds is 11. The van der Waals surface area contributed by atoms with E-state index in [1.807, 2.05) is 11.1 Å². The molecule has 10 heteroatoms. The summed E-state index contributed by atoms with van der Waals surface area (Å²) in [6, 6.07) is 0.616. The number of nitrogens with one attached hydrogen (secondary N) is 2. The van der Waals surface area contributed by atoms with Gasteiger partial charge in [-0.15, -0.1) is 0 Å². The number of allylic oxidation sites excluding steroid dienone is 2. The van der Waals surface area contributed by atoms with E-state index in [2.05, 4.69) is 27.4 Å². The molecule has 0 aromatic rings. The number of aliphatic hydroxyl groups is 1. The normalized spacial score (nSPS) is 39.0. The van der Waals surface area contributed by atoms with Crippen molar-refractivity contribution in [3.05, 3.63) is 11.1 Å². The zero-order chi connectivity index (χ0) is 38.6. The van der Waals surface area contributed by atoms with Crippen LogP contribution in [0.3, 0.4) is 0 Å². The van der Waals surface area contributed by atoms with Crippen LogP contribution in [-0.4, -0.2) is 120 Å². The van der Waals surface area contributed by atoms with Crippen molar-refractivity contribution in [3.8, 4) is 0 Å². The Morgan fingerprint density at radius 1 is 0.786 bits per heavy atom. The third-order valence-electron chi connectivity index (χ3n) is 16.3. The number of amides is 3. The second-order valence-corrected chi connectivity index (χ2v) is 19.7. The van der Waals surface area contributed by atoms with Gasteiger partial charge in [-0.25, -0.2) is 0 Å². The van der Waals surface area contributed by atoms with Crippen LogP contribution in [0.15, 0.2) is 11.1 Å². The van der Waals surface area contributed by atoms with Crippen molar-refractivity contribution in [2.45, 2.75) is 172 Å². The molecule has 3 N–H and O–H groups in total. The van der Waals surface area contributed by atoms with E-state index in [1.165, 1.54) is 89.9 Å². The maximum Gasteiger partial charge on any atom is 0.249 e. The van der Waals surface area contributed by atoms with Crippen LogP contribution in [0.2, 0.25) is 0 Å². The summed E-state index contributed by atoms with van der Waals surface area (Å²) in [5.41, 5.74) is 3.70. The summed E-state index contributed by atoms with van der Waals surface area (Å²) in [5, 5.41) is 16.7. The Hall–Kier alpha value is -1.85. The number of carbonyl (C=O) groups is 3. The van der Waals surface area contributed by atoms with Gasteiger partial charge in [-0.05, 0) is 139 Å². The van der Waals surface area contributed by atoms with Crippen molar-refractivity contribution >= 4 is 17.7 Å². The summed E-state index contributed by atoms with van der Waals surface area (Å²) < 4.78 is 6.69. The highest BCUT2D eigenvalue weighted by Crippen LogP contribution is 2.46. The minimum absolute atomic E-state index is 0.0446. The molecule has 0 aromatic carbocycles. The highest BCUT2D eigenvalue weighted by molar-refractivity contribution is 6.02. The fourth-order valence-corrected chi connectivity index (χ4v) is 13.0. The molecule has 0 spiro atoms. The van der Waals surface area contributed by atoms with E-state index in [9.17, 15) is 19.5 Å². The lowest BCUT2D eigenvalue weighted by molar-refractivity contribution is -0.144. The molecule has 8 fully saturated rings. The van der Waals surface area contributed by atoms with Crippen LogP contribution in [0.5, 0.6) is 0 Å². The second kappa shape index (κ2) is 19.0. The quantitative estimate of drug-likeness (QED) is 0.178. The van der Waals surface area contributed by atoms with Gasteiger partial charge < -0.3 is 20.1 Å². The molecule has 8 aliphatic rings. The molecule has 4 saturated heterocycles. The zero-order valence-corrected chi connectivity index (χ0v) is 34.8. The van der Waals surface area contributed by atoms with Crippen LogP contribution < -0.4 is 10.6 Å². The molecule has 6 atom stereocenters. The topological polar surface area (TPSA) is 114 Å². The van der Waals surface area contributed by atoms with Gasteiger partial charge in [-0.1, -0.05) is 37.3 Å². The fourth-order valence-electron chi connectivity index (χ4n) is 13.0. The molecule has 3 amide bonds. The molecule has 0 bridgehead atoms. The highest BCUT2D eigenvalue weighted by atomic mass is 16.5. The first-order valence-electron chi connectivity index (χ1n) is 23.7.